The molecule has 2 aromatic carbocycles. The SMILES string of the molecule is CCOc1ccc(C(C)NC(=O)C2CCCN(Cc3nc(-c4cccc(Cl)c4)no3)C2)cc1. The summed E-state index contributed by atoms with van der Waals surface area (Å²) in [4.78, 5) is 19.6. The van der Waals surface area contributed by atoms with Crippen LogP contribution in [0, 0.1) is 5.92 Å². The Kier molecular flexibility index (Phi) is 7.62. The molecule has 1 aliphatic rings. The molecule has 1 aliphatic heterocycles. The van der Waals surface area contributed by atoms with E-state index >= 15 is 0 Å². The van der Waals surface area contributed by atoms with Crippen molar-refractivity contribution in [3.8, 4) is 17.1 Å². The van der Waals surface area contributed by atoms with Gasteiger partial charge in [0, 0.05) is 17.1 Å². The lowest BCUT2D eigenvalue weighted by Gasteiger charge is -2.31. The number of carbonyl (C=O) groups excluding carboxylic acids is 1. The lowest BCUT2D eigenvalue weighted by atomic mass is 9.96. The Morgan fingerprint density at radius 2 is 2.12 bits per heavy atom. The monoisotopic (exact) mass is 468 g/mol. The maximum absolute atomic E-state index is 12.9. The lowest BCUT2D eigenvalue weighted by Crippen LogP contribution is -2.43. The fourth-order valence-electron chi connectivity index (χ4n) is 4.10. The third-order valence-corrected chi connectivity index (χ3v) is 6.07. The maximum Gasteiger partial charge on any atom is 0.241 e. The molecule has 0 saturated carbocycles. The number of carbonyl (C=O) groups is 1. The molecule has 0 aliphatic carbocycles. The van der Waals surface area contributed by atoms with Crippen LogP contribution in [0.15, 0.2) is 53.1 Å². The summed E-state index contributed by atoms with van der Waals surface area (Å²) in [5.74, 6) is 1.89. The summed E-state index contributed by atoms with van der Waals surface area (Å²) in [6.07, 6.45) is 1.82. The zero-order valence-electron chi connectivity index (χ0n) is 19.0. The molecule has 7 nitrogen and oxygen atoms in total. The summed E-state index contributed by atoms with van der Waals surface area (Å²) < 4.78 is 10.9. The number of rotatable bonds is 8. The highest BCUT2D eigenvalue weighted by atomic mass is 35.5. The average molecular weight is 469 g/mol. The molecular formula is C25H29ClN4O3. The van der Waals surface area contributed by atoms with Crippen molar-refractivity contribution in [1.29, 1.82) is 0 Å². The summed E-state index contributed by atoms with van der Waals surface area (Å²) in [5, 5.41) is 7.87. The number of halogens is 1. The van der Waals surface area contributed by atoms with E-state index in [0.29, 0.717) is 36.4 Å². The third-order valence-electron chi connectivity index (χ3n) is 5.84. The number of aromatic nitrogens is 2. The maximum atomic E-state index is 12.9. The molecule has 1 amide bonds. The summed E-state index contributed by atoms with van der Waals surface area (Å²) in [6.45, 7) is 6.68. The van der Waals surface area contributed by atoms with Gasteiger partial charge >= 0.3 is 0 Å². The van der Waals surface area contributed by atoms with E-state index in [4.69, 9.17) is 20.9 Å². The van der Waals surface area contributed by atoms with E-state index in [1.807, 2.05) is 62.4 Å². The molecular weight excluding hydrogens is 440 g/mol. The minimum Gasteiger partial charge on any atom is -0.494 e. The molecule has 0 bridgehead atoms. The van der Waals surface area contributed by atoms with Crippen molar-refractivity contribution in [2.45, 2.75) is 39.3 Å². The van der Waals surface area contributed by atoms with Gasteiger partial charge in [0.2, 0.25) is 17.6 Å². The van der Waals surface area contributed by atoms with Gasteiger partial charge in [-0.3, -0.25) is 9.69 Å². The van der Waals surface area contributed by atoms with Crippen molar-refractivity contribution < 1.29 is 14.1 Å². The highest BCUT2D eigenvalue weighted by molar-refractivity contribution is 6.30. The summed E-state index contributed by atoms with van der Waals surface area (Å²) >= 11 is 6.06. The second kappa shape index (κ2) is 10.8. The van der Waals surface area contributed by atoms with Crippen LogP contribution in [0.2, 0.25) is 5.02 Å². The number of hydrogen-bond acceptors (Lipinski definition) is 6. The van der Waals surface area contributed by atoms with Crippen LogP contribution in [-0.2, 0) is 11.3 Å². The molecule has 4 rings (SSSR count). The first kappa shape index (κ1) is 23.3. The topological polar surface area (TPSA) is 80.5 Å². The Morgan fingerprint density at radius 1 is 1.30 bits per heavy atom. The Bertz CT molecular complexity index is 1070. The number of amides is 1. The van der Waals surface area contributed by atoms with Gasteiger partial charge in [-0.25, -0.2) is 0 Å². The van der Waals surface area contributed by atoms with E-state index in [0.717, 1.165) is 36.3 Å². The third kappa shape index (κ3) is 6.12. The Balaban J connectivity index is 1.32. The van der Waals surface area contributed by atoms with Gasteiger partial charge in [-0.2, -0.15) is 4.98 Å². The van der Waals surface area contributed by atoms with Crippen LogP contribution in [0.5, 0.6) is 5.75 Å². The first-order valence-electron chi connectivity index (χ1n) is 11.4. The number of piperidine rings is 1. The van der Waals surface area contributed by atoms with Crippen LogP contribution in [0.4, 0.5) is 0 Å². The molecule has 3 aromatic rings. The summed E-state index contributed by atoms with van der Waals surface area (Å²) in [5.41, 5.74) is 1.87. The molecule has 8 heteroatoms. The van der Waals surface area contributed by atoms with Gasteiger partial charge in [0.25, 0.3) is 0 Å². The minimum absolute atomic E-state index is 0.0697. The van der Waals surface area contributed by atoms with Gasteiger partial charge in [0.15, 0.2) is 0 Å². The zero-order valence-corrected chi connectivity index (χ0v) is 19.7. The quantitative estimate of drug-likeness (QED) is 0.507. The molecule has 174 valence electrons. The Labute approximate surface area is 199 Å². The average Bonchev–Trinajstić information content (AvgIpc) is 3.28. The van der Waals surface area contributed by atoms with E-state index in [9.17, 15) is 4.79 Å². The number of ether oxygens (including phenoxy) is 1. The molecule has 0 radical (unpaired) electrons. The molecule has 1 fully saturated rings. The van der Waals surface area contributed by atoms with E-state index < -0.39 is 0 Å². The number of benzene rings is 2. The van der Waals surface area contributed by atoms with Crippen LogP contribution in [-0.4, -0.2) is 40.6 Å². The van der Waals surface area contributed by atoms with Gasteiger partial charge in [-0.1, -0.05) is 41.0 Å². The number of nitrogens with one attached hydrogen (secondary N) is 1. The first-order chi connectivity index (χ1) is 16.0. The van der Waals surface area contributed by atoms with E-state index in [1.54, 1.807) is 0 Å². The number of likely N-dealkylation sites (tertiary alicyclic amines) is 1. The molecule has 1 saturated heterocycles. The fourth-order valence-corrected chi connectivity index (χ4v) is 4.29. The van der Waals surface area contributed by atoms with Crippen LogP contribution in [0.25, 0.3) is 11.4 Å². The van der Waals surface area contributed by atoms with Gasteiger partial charge in [0.1, 0.15) is 5.75 Å². The normalized spacial score (nSPS) is 17.5. The van der Waals surface area contributed by atoms with E-state index in [-0.39, 0.29) is 17.9 Å². The van der Waals surface area contributed by atoms with Crippen LogP contribution in [0.3, 0.4) is 0 Å². The number of hydrogen-bond donors (Lipinski definition) is 1. The molecule has 2 heterocycles. The Hall–Kier alpha value is -2.90. The van der Waals surface area contributed by atoms with Crippen molar-refractivity contribution in [1.82, 2.24) is 20.4 Å². The lowest BCUT2D eigenvalue weighted by molar-refractivity contribution is -0.127. The Morgan fingerprint density at radius 3 is 2.88 bits per heavy atom. The van der Waals surface area contributed by atoms with Gasteiger partial charge < -0.3 is 14.6 Å². The zero-order chi connectivity index (χ0) is 23.2. The van der Waals surface area contributed by atoms with E-state index in [2.05, 4.69) is 20.4 Å². The molecule has 1 N–H and O–H groups in total. The smallest absolute Gasteiger partial charge is 0.241 e. The van der Waals surface area contributed by atoms with Gasteiger partial charge in [-0.05, 0) is 63.1 Å². The highest BCUT2D eigenvalue weighted by Crippen LogP contribution is 2.23. The highest BCUT2D eigenvalue weighted by Gasteiger charge is 2.28. The van der Waals surface area contributed by atoms with Crippen LogP contribution >= 0.6 is 11.6 Å². The van der Waals surface area contributed by atoms with Gasteiger partial charge in [-0.15, -0.1) is 0 Å². The van der Waals surface area contributed by atoms with Crippen molar-refractivity contribution in [2.75, 3.05) is 19.7 Å². The molecule has 2 atom stereocenters. The largest absolute Gasteiger partial charge is 0.494 e. The van der Waals surface area contributed by atoms with Crippen molar-refractivity contribution in [3.63, 3.8) is 0 Å². The summed E-state index contributed by atoms with van der Waals surface area (Å²) in [7, 11) is 0. The fraction of sp³-hybridized carbons (Fsp3) is 0.400. The standard InChI is InChI=1S/C25H29ClN4O3/c1-3-32-22-11-9-18(10-12-22)17(2)27-25(31)20-7-5-13-30(15-20)16-23-28-24(29-33-23)19-6-4-8-21(26)14-19/h4,6,8-12,14,17,20H,3,5,7,13,15-16H2,1-2H3,(H,27,31). The van der Waals surface area contributed by atoms with Crippen LogP contribution < -0.4 is 10.1 Å². The summed E-state index contributed by atoms with van der Waals surface area (Å²) in [6, 6.07) is 15.2. The van der Waals surface area contributed by atoms with E-state index in [1.165, 1.54) is 0 Å². The van der Waals surface area contributed by atoms with Gasteiger partial charge in [0.05, 0.1) is 25.1 Å². The second-order valence-electron chi connectivity index (χ2n) is 8.33. The van der Waals surface area contributed by atoms with Crippen LogP contribution in [0.1, 0.15) is 44.2 Å². The molecule has 33 heavy (non-hydrogen) atoms. The number of nitrogens with zero attached hydrogens (tertiary/aromatic N) is 3. The molecule has 1 aromatic heterocycles. The predicted molar refractivity (Wildman–Crippen MR) is 127 cm³/mol. The molecule has 0 spiro atoms. The predicted octanol–water partition coefficient (Wildman–Crippen LogP) is 4.88. The van der Waals surface area contributed by atoms with Crippen molar-refractivity contribution in [3.05, 3.63) is 65.0 Å². The first-order valence-corrected chi connectivity index (χ1v) is 11.7. The molecule has 2 unspecified atom stereocenters. The van der Waals surface area contributed by atoms with Crippen molar-refractivity contribution in [2.24, 2.45) is 5.92 Å². The van der Waals surface area contributed by atoms with Crippen molar-refractivity contribution >= 4 is 17.5 Å². The minimum atomic E-state index is -0.0702. The second-order valence-corrected chi connectivity index (χ2v) is 8.77.